The summed E-state index contributed by atoms with van der Waals surface area (Å²) in [5.74, 6) is -0.569. The van der Waals surface area contributed by atoms with Gasteiger partial charge in [-0.3, -0.25) is 0 Å². The molecule has 0 saturated carbocycles. The Bertz CT molecular complexity index is 764. The molecule has 1 aromatic carbocycles. The van der Waals surface area contributed by atoms with Crippen molar-refractivity contribution < 1.29 is 22.7 Å². The fourth-order valence-electron chi connectivity index (χ4n) is 1.54. The summed E-state index contributed by atoms with van der Waals surface area (Å²) in [6.45, 7) is 1.75. The molecule has 0 radical (unpaired) electrons. The third-order valence-corrected chi connectivity index (χ3v) is 4.67. The van der Waals surface area contributed by atoms with Crippen molar-refractivity contribution in [2.24, 2.45) is 5.14 Å². The van der Waals surface area contributed by atoms with Gasteiger partial charge in [-0.2, -0.15) is 0 Å². The molecule has 0 spiro atoms. The largest absolute Gasteiger partial charge is 0.478 e. The summed E-state index contributed by atoms with van der Waals surface area (Å²) >= 11 is 1.18. The lowest BCUT2D eigenvalue weighted by molar-refractivity contribution is 0.0693. The second-order valence-electron chi connectivity index (χ2n) is 3.95. The lowest BCUT2D eigenvalue weighted by Crippen LogP contribution is -2.13. The third kappa shape index (κ3) is 3.03. The standard InChI is InChI=1S/C12H11NO5S2/c1-7-10(4-5-18-7)19-11-3-2-8(20(13,16)17)6-9(11)12(14)15/h2-6H,1H3,(H,14,15)(H2,13,16,17). The number of sulfonamides is 1. The number of carboxylic acids is 1. The van der Waals surface area contributed by atoms with Crippen molar-refractivity contribution >= 4 is 27.8 Å². The number of carbonyl (C=O) groups is 1. The summed E-state index contributed by atoms with van der Waals surface area (Å²) in [5, 5.41) is 14.2. The van der Waals surface area contributed by atoms with Crippen LogP contribution in [-0.2, 0) is 10.0 Å². The second kappa shape index (κ2) is 5.31. The number of hydrogen-bond acceptors (Lipinski definition) is 5. The van der Waals surface area contributed by atoms with Crippen LogP contribution in [0.3, 0.4) is 0 Å². The average molecular weight is 313 g/mol. The van der Waals surface area contributed by atoms with E-state index in [4.69, 9.17) is 9.56 Å². The Kier molecular flexibility index (Phi) is 3.89. The molecule has 106 valence electrons. The van der Waals surface area contributed by atoms with Crippen LogP contribution in [0.2, 0.25) is 0 Å². The molecule has 1 heterocycles. The monoisotopic (exact) mass is 313 g/mol. The number of rotatable bonds is 4. The molecular weight excluding hydrogens is 302 g/mol. The van der Waals surface area contributed by atoms with Crippen LogP contribution in [0.4, 0.5) is 0 Å². The maximum atomic E-state index is 11.3. The lowest BCUT2D eigenvalue weighted by atomic mass is 10.2. The van der Waals surface area contributed by atoms with E-state index in [0.717, 1.165) is 11.0 Å². The van der Waals surface area contributed by atoms with Crippen molar-refractivity contribution in [1.29, 1.82) is 0 Å². The number of hydrogen-bond donors (Lipinski definition) is 2. The van der Waals surface area contributed by atoms with Gasteiger partial charge in [0.2, 0.25) is 10.0 Å². The maximum absolute atomic E-state index is 11.3. The molecule has 1 aromatic heterocycles. The normalized spacial score (nSPS) is 11.5. The molecule has 0 saturated heterocycles. The number of benzene rings is 1. The molecule has 6 nitrogen and oxygen atoms in total. The van der Waals surface area contributed by atoms with Gasteiger partial charge in [0.15, 0.2) is 0 Å². The average Bonchev–Trinajstić information content (AvgIpc) is 2.74. The van der Waals surface area contributed by atoms with Gasteiger partial charge in [-0.1, -0.05) is 11.8 Å². The van der Waals surface area contributed by atoms with E-state index < -0.39 is 16.0 Å². The van der Waals surface area contributed by atoms with Crippen LogP contribution in [0.5, 0.6) is 0 Å². The van der Waals surface area contributed by atoms with Gasteiger partial charge < -0.3 is 9.52 Å². The van der Waals surface area contributed by atoms with E-state index in [9.17, 15) is 18.3 Å². The smallest absolute Gasteiger partial charge is 0.336 e. The first-order valence-corrected chi connectivity index (χ1v) is 7.77. The molecule has 0 aliphatic heterocycles. The fourth-order valence-corrected chi connectivity index (χ4v) is 3.02. The Balaban J connectivity index is 2.49. The van der Waals surface area contributed by atoms with Gasteiger partial charge in [0.05, 0.1) is 21.6 Å². The molecule has 3 N–H and O–H groups in total. The molecule has 20 heavy (non-hydrogen) atoms. The first-order valence-electron chi connectivity index (χ1n) is 5.41. The van der Waals surface area contributed by atoms with Crippen LogP contribution >= 0.6 is 11.8 Å². The molecule has 0 atom stereocenters. The number of primary sulfonamides is 1. The van der Waals surface area contributed by atoms with Crippen LogP contribution in [-0.4, -0.2) is 19.5 Å². The summed E-state index contributed by atoms with van der Waals surface area (Å²) in [7, 11) is -3.94. The summed E-state index contributed by atoms with van der Waals surface area (Å²) < 4.78 is 27.6. The molecule has 0 bridgehead atoms. The lowest BCUT2D eigenvalue weighted by Gasteiger charge is -2.07. The Hall–Kier alpha value is -1.77. The first-order chi connectivity index (χ1) is 9.29. The SMILES string of the molecule is Cc1occc1Sc1ccc(S(N)(=O)=O)cc1C(=O)O. The number of furan rings is 1. The van der Waals surface area contributed by atoms with Crippen LogP contribution < -0.4 is 5.14 Å². The highest BCUT2D eigenvalue weighted by Gasteiger charge is 2.17. The highest BCUT2D eigenvalue weighted by atomic mass is 32.2. The van der Waals surface area contributed by atoms with Crippen molar-refractivity contribution in [2.45, 2.75) is 21.6 Å². The van der Waals surface area contributed by atoms with Gasteiger partial charge in [-0.25, -0.2) is 18.4 Å². The molecule has 0 amide bonds. The second-order valence-corrected chi connectivity index (χ2v) is 6.60. The summed E-state index contributed by atoms with van der Waals surface area (Å²) in [4.78, 5) is 12.2. The minimum atomic E-state index is -3.94. The molecule has 2 rings (SSSR count). The summed E-state index contributed by atoms with van der Waals surface area (Å²) in [6, 6.07) is 5.45. The molecule has 8 heteroatoms. The molecule has 0 aliphatic rings. The fraction of sp³-hybridized carbons (Fsp3) is 0.0833. The zero-order valence-electron chi connectivity index (χ0n) is 10.4. The zero-order chi connectivity index (χ0) is 14.9. The minimum Gasteiger partial charge on any atom is -0.478 e. The van der Waals surface area contributed by atoms with Crippen molar-refractivity contribution in [3.8, 4) is 0 Å². The topological polar surface area (TPSA) is 111 Å². The molecule has 2 aromatic rings. The van der Waals surface area contributed by atoms with Crippen LogP contribution in [0.15, 0.2) is 49.6 Å². The number of aryl methyl sites for hydroxylation is 1. The summed E-state index contributed by atoms with van der Waals surface area (Å²) in [6.07, 6.45) is 1.50. The van der Waals surface area contributed by atoms with E-state index in [1.807, 2.05) is 0 Å². The van der Waals surface area contributed by atoms with Crippen molar-refractivity contribution in [3.63, 3.8) is 0 Å². The van der Waals surface area contributed by atoms with Gasteiger partial charge in [0.25, 0.3) is 0 Å². The van der Waals surface area contributed by atoms with E-state index in [-0.39, 0.29) is 10.5 Å². The van der Waals surface area contributed by atoms with Crippen molar-refractivity contribution in [1.82, 2.24) is 0 Å². The van der Waals surface area contributed by atoms with Gasteiger partial charge in [0, 0.05) is 4.90 Å². The molecule has 0 unspecified atom stereocenters. The Morgan fingerprint density at radius 2 is 2.00 bits per heavy atom. The van der Waals surface area contributed by atoms with Crippen molar-refractivity contribution in [3.05, 3.63) is 41.9 Å². The third-order valence-electron chi connectivity index (χ3n) is 2.54. The summed E-state index contributed by atoms with van der Waals surface area (Å²) in [5.41, 5.74) is -0.123. The maximum Gasteiger partial charge on any atom is 0.336 e. The van der Waals surface area contributed by atoms with Gasteiger partial charge in [-0.15, -0.1) is 0 Å². The van der Waals surface area contributed by atoms with E-state index >= 15 is 0 Å². The molecule has 0 fully saturated rings. The number of carboxylic acid groups (broad SMARTS) is 1. The predicted molar refractivity (Wildman–Crippen MR) is 72.3 cm³/mol. The van der Waals surface area contributed by atoms with Crippen LogP contribution in [0.1, 0.15) is 16.1 Å². The minimum absolute atomic E-state index is 0.123. The number of nitrogens with two attached hydrogens (primary N) is 1. The highest BCUT2D eigenvalue weighted by molar-refractivity contribution is 7.99. The van der Waals surface area contributed by atoms with E-state index in [1.54, 1.807) is 13.0 Å². The van der Waals surface area contributed by atoms with Gasteiger partial charge in [-0.05, 0) is 31.2 Å². The van der Waals surface area contributed by atoms with Crippen molar-refractivity contribution in [2.75, 3.05) is 0 Å². The molecular formula is C12H11NO5S2. The zero-order valence-corrected chi connectivity index (χ0v) is 12.0. The predicted octanol–water partition coefficient (Wildman–Crippen LogP) is 2.08. The van der Waals surface area contributed by atoms with Gasteiger partial charge >= 0.3 is 5.97 Å². The quantitative estimate of drug-likeness (QED) is 0.894. The van der Waals surface area contributed by atoms with E-state index in [2.05, 4.69) is 0 Å². The Morgan fingerprint density at radius 1 is 1.30 bits per heavy atom. The van der Waals surface area contributed by atoms with Crippen LogP contribution in [0.25, 0.3) is 0 Å². The molecule has 0 aliphatic carbocycles. The number of aromatic carboxylic acids is 1. The Labute approximate surface area is 119 Å². The van der Waals surface area contributed by atoms with Gasteiger partial charge in [0.1, 0.15) is 5.76 Å². The van der Waals surface area contributed by atoms with Crippen LogP contribution in [0, 0.1) is 6.92 Å². The highest BCUT2D eigenvalue weighted by Crippen LogP contribution is 2.34. The Morgan fingerprint density at radius 3 is 2.50 bits per heavy atom. The first kappa shape index (κ1) is 14.6. The van der Waals surface area contributed by atoms with E-state index in [0.29, 0.717) is 10.7 Å². The van der Waals surface area contributed by atoms with E-state index in [1.165, 1.54) is 30.2 Å².